The molecule has 1 heterocycles. The molecule has 0 atom stereocenters. The van der Waals surface area contributed by atoms with Crippen LogP contribution in [0.4, 0.5) is 0 Å². The van der Waals surface area contributed by atoms with E-state index in [4.69, 9.17) is 11.6 Å². The highest BCUT2D eigenvalue weighted by Gasteiger charge is 2.20. The number of nitrogens with zero attached hydrogens (tertiary/aromatic N) is 2. The van der Waals surface area contributed by atoms with Crippen LogP contribution < -0.4 is 4.72 Å². The van der Waals surface area contributed by atoms with Gasteiger partial charge < -0.3 is 0 Å². The molecule has 0 amide bonds. The van der Waals surface area contributed by atoms with E-state index in [2.05, 4.69) is 19.7 Å². The number of fused-ring (bicyclic) bond motifs is 1. The standard InChI is InChI=1S/C13H10ClN3O3S/c14-10-5-2-1-4-9(10)8-15-21(18,19)12-7-3-6-11-13(12)17-20-16-11/h1-7,15H,8H2. The summed E-state index contributed by atoms with van der Waals surface area (Å²) in [5.41, 5.74) is 1.27. The topological polar surface area (TPSA) is 85.1 Å². The van der Waals surface area contributed by atoms with Gasteiger partial charge in [0, 0.05) is 11.6 Å². The first-order chi connectivity index (χ1) is 10.1. The van der Waals surface area contributed by atoms with E-state index in [1.54, 1.807) is 36.4 Å². The monoisotopic (exact) mass is 323 g/mol. The summed E-state index contributed by atoms with van der Waals surface area (Å²) >= 11 is 6.00. The maximum atomic E-state index is 12.4. The summed E-state index contributed by atoms with van der Waals surface area (Å²) in [5.74, 6) is 0. The summed E-state index contributed by atoms with van der Waals surface area (Å²) in [5, 5.41) is 7.75. The second-order valence-corrected chi connectivity index (χ2v) is 6.45. The number of hydrogen-bond acceptors (Lipinski definition) is 5. The third kappa shape index (κ3) is 2.76. The van der Waals surface area contributed by atoms with E-state index < -0.39 is 10.0 Å². The van der Waals surface area contributed by atoms with Crippen LogP contribution in [0.1, 0.15) is 5.56 Å². The van der Waals surface area contributed by atoms with Crippen LogP contribution in [0.2, 0.25) is 5.02 Å². The SMILES string of the molecule is O=S(=O)(NCc1ccccc1Cl)c1cccc2nonc12. The van der Waals surface area contributed by atoms with Crippen molar-refractivity contribution in [3.8, 4) is 0 Å². The first-order valence-corrected chi connectivity index (χ1v) is 7.88. The average Bonchev–Trinajstić information content (AvgIpc) is 2.94. The Bertz CT molecular complexity index is 892. The lowest BCUT2D eigenvalue weighted by atomic mass is 10.2. The van der Waals surface area contributed by atoms with Crippen molar-refractivity contribution in [3.63, 3.8) is 0 Å². The number of aromatic nitrogens is 2. The molecular formula is C13H10ClN3O3S. The lowest BCUT2D eigenvalue weighted by molar-refractivity contribution is 0.315. The van der Waals surface area contributed by atoms with Crippen LogP contribution in [0, 0.1) is 0 Å². The van der Waals surface area contributed by atoms with Crippen LogP contribution in [0.5, 0.6) is 0 Å². The molecule has 108 valence electrons. The highest BCUT2D eigenvalue weighted by Crippen LogP contribution is 2.20. The Balaban J connectivity index is 1.91. The zero-order valence-electron chi connectivity index (χ0n) is 10.7. The highest BCUT2D eigenvalue weighted by atomic mass is 35.5. The van der Waals surface area contributed by atoms with E-state index in [0.29, 0.717) is 16.1 Å². The van der Waals surface area contributed by atoms with Gasteiger partial charge in [0.1, 0.15) is 10.4 Å². The van der Waals surface area contributed by atoms with Crippen molar-refractivity contribution in [2.75, 3.05) is 0 Å². The van der Waals surface area contributed by atoms with E-state index in [-0.39, 0.29) is 17.0 Å². The molecule has 0 unspecified atom stereocenters. The maximum absolute atomic E-state index is 12.4. The fourth-order valence-corrected chi connectivity index (χ4v) is 3.25. The summed E-state index contributed by atoms with van der Waals surface area (Å²) in [6.45, 7) is 0.0870. The fourth-order valence-electron chi connectivity index (χ4n) is 1.89. The van der Waals surface area contributed by atoms with Crippen LogP contribution in [0.3, 0.4) is 0 Å². The third-order valence-corrected chi connectivity index (χ3v) is 4.75. The summed E-state index contributed by atoms with van der Waals surface area (Å²) in [4.78, 5) is 0.0216. The van der Waals surface area contributed by atoms with Crippen molar-refractivity contribution in [1.29, 1.82) is 0 Å². The molecular weight excluding hydrogens is 314 g/mol. The minimum Gasteiger partial charge on any atom is -0.243 e. The maximum Gasteiger partial charge on any atom is 0.243 e. The number of sulfonamides is 1. The molecule has 3 rings (SSSR count). The zero-order valence-corrected chi connectivity index (χ0v) is 12.2. The van der Waals surface area contributed by atoms with Gasteiger partial charge in [-0.05, 0) is 34.1 Å². The second-order valence-electron chi connectivity index (χ2n) is 4.30. The van der Waals surface area contributed by atoms with Crippen LogP contribution in [-0.2, 0) is 16.6 Å². The first kappa shape index (κ1) is 14.0. The smallest absolute Gasteiger partial charge is 0.243 e. The molecule has 8 heteroatoms. The molecule has 3 aromatic rings. The van der Waals surface area contributed by atoms with Gasteiger partial charge in [0.05, 0.1) is 0 Å². The Morgan fingerprint density at radius 1 is 1.10 bits per heavy atom. The molecule has 0 bridgehead atoms. The Hall–Kier alpha value is -1.96. The van der Waals surface area contributed by atoms with Crippen LogP contribution in [0.15, 0.2) is 52.0 Å². The van der Waals surface area contributed by atoms with Gasteiger partial charge >= 0.3 is 0 Å². The fraction of sp³-hybridized carbons (Fsp3) is 0.0769. The summed E-state index contributed by atoms with van der Waals surface area (Å²) in [7, 11) is -3.74. The number of nitrogens with one attached hydrogen (secondary N) is 1. The van der Waals surface area contributed by atoms with Crippen LogP contribution in [-0.4, -0.2) is 18.7 Å². The predicted octanol–water partition coefficient (Wildman–Crippen LogP) is 2.35. The molecule has 2 aromatic carbocycles. The second kappa shape index (κ2) is 5.44. The van der Waals surface area contributed by atoms with Gasteiger partial charge in [-0.15, -0.1) is 0 Å². The molecule has 6 nitrogen and oxygen atoms in total. The molecule has 0 saturated heterocycles. The molecule has 0 radical (unpaired) electrons. The minimum atomic E-state index is -3.74. The molecule has 0 aliphatic carbocycles. The number of halogens is 1. The molecule has 0 aliphatic rings. The summed E-state index contributed by atoms with van der Waals surface area (Å²) in [6, 6.07) is 11.7. The lowest BCUT2D eigenvalue weighted by Crippen LogP contribution is -2.23. The Morgan fingerprint density at radius 2 is 1.90 bits per heavy atom. The van der Waals surface area contributed by atoms with Gasteiger partial charge in [0.2, 0.25) is 10.0 Å². The molecule has 21 heavy (non-hydrogen) atoms. The molecule has 0 aliphatic heterocycles. The summed E-state index contributed by atoms with van der Waals surface area (Å²) < 4.78 is 31.8. The van der Waals surface area contributed by atoms with E-state index in [9.17, 15) is 8.42 Å². The largest absolute Gasteiger partial charge is 0.243 e. The van der Waals surface area contributed by atoms with Crippen LogP contribution >= 0.6 is 11.6 Å². The van der Waals surface area contributed by atoms with Gasteiger partial charge in [-0.3, -0.25) is 0 Å². The number of rotatable bonds is 4. The third-order valence-electron chi connectivity index (χ3n) is 2.95. The van der Waals surface area contributed by atoms with Crippen molar-refractivity contribution in [3.05, 3.63) is 53.1 Å². The van der Waals surface area contributed by atoms with Crippen molar-refractivity contribution >= 4 is 32.7 Å². The summed E-state index contributed by atoms with van der Waals surface area (Å²) in [6.07, 6.45) is 0. The van der Waals surface area contributed by atoms with Crippen molar-refractivity contribution in [1.82, 2.24) is 15.0 Å². The predicted molar refractivity (Wildman–Crippen MR) is 77.3 cm³/mol. The van der Waals surface area contributed by atoms with E-state index in [1.807, 2.05) is 0 Å². The minimum absolute atomic E-state index is 0.0216. The van der Waals surface area contributed by atoms with Crippen molar-refractivity contribution in [2.24, 2.45) is 0 Å². The molecule has 1 aromatic heterocycles. The average molecular weight is 324 g/mol. The van der Waals surface area contributed by atoms with Crippen molar-refractivity contribution in [2.45, 2.75) is 11.4 Å². The highest BCUT2D eigenvalue weighted by molar-refractivity contribution is 7.89. The quantitative estimate of drug-likeness (QED) is 0.796. The van der Waals surface area contributed by atoms with E-state index in [0.717, 1.165) is 0 Å². The van der Waals surface area contributed by atoms with Crippen LogP contribution in [0.25, 0.3) is 11.0 Å². The van der Waals surface area contributed by atoms with Gasteiger partial charge in [-0.2, -0.15) is 0 Å². The zero-order chi connectivity index (χ0) is 14.9. The molecule has 0 saturated carbocycles. The van der Waals surface area contributed by atoms with Gasteiger partial charge in [0.25, 0.3) is 0 Å². The Morgan fingerprint density at radius 3 is 2.71 bits per heavy atom. The van der Waals surface area contributed by atoms with Gasteiger partial charge in [-0.25, -0.2) is 17.8 Å². The number of benzene rings is 2. The lowest BCUT2D eigenvalue weighted by Gasteiger charge is -2.08. The van der Waals surface area contributed by atoms with E-state index >= 15 is 0 Å². The van der Waals surface area contributed by atoms with Gasteiger partial charge in [0.15, 0.2) is 5.52 Å². The molecule has 0 spiro atoms. The Kier molecular flexibility index (Phi) is 3.62. The number of hydrogen-bond donors (Lipinski definition) is 1. The van der Waals surface area contributed by atoms with E-state index in [1.165, 1.54) is 6.07 Å². The molecule has 0 fully saturated rings. The normalized spacial score (nSPS) is 11.9. The first-order valence-electron chi connectivity index (χ1n) is 6.02. The van der Waals surface area contributed by atoms with Crippen molar-refractivity contribution < 1.29 is 13.0 Å². The molecule has 1 N–H and O–H groups in total. The Labute approximate surface area is 125 Å². The van der Waals surface area contributed by atoms with Gasteiger partial charge in [-0.1, -0.05) is 35.9 Å².